The number of aromatic nitrogens is 2. The van der Waals surface area contributed by atoms with E-state index in [2.05, 4.69) is 10.3 Å². The normalized spacial score (nSPS) is 13.5. The molecule has 1 amide bonds. The Labute approximate surface area is 155 Å². The van der Waals surface area contributed by atoms with Gasteiger partial charge in [0.2, 0.25) is 6.79 Å². The summed E-state index contributed by atoms with van der Waals surface area (Å²) in [5, 5.41) is 3.68. The van der Waals surface area contributed by atoms with Gasteiger partial charge in [-0.2, -0.15) is 0 Å². The standard InChI is InChI=1S/C19H16ClN3O3/c1-23-9-8-21-18(23)17(12-2-5-14(20)6-3-12)22-19(24)13-4-7-15-16(10-13)26-11-25-15/h2-10,17H,11H2,1H3,(H,22,24)/t17-/m0/s1. The van der Waals surface area contributed by atoms with E-state index in [1.54, 1.807) is 36.5 Å². The number of halogens is 1. The largest absolute Gasteiger partial charge is 0.454 e. The van der Waals surface area contributed by atoms with Gasteiger partial charge in [0.1, 0.15) is 11.9 Å². The summed E-state index contributed by atoms with van der Waals surface area (Å²) < 4.78 is 12.5. The molecule has 0 unspecified atom stereocenters. The lowest BCUT2D eigenvalue weighted by Crippen LogP contribution is -2.31. The van der Waals surface area contributed by atoms with Crippen LogP contribution in [-0.2, 0) is 7.05 Å². The Morgan fingerprint density at radius 3 is 2.69 bits per heavy atom. The van der Waals surface area contributed by atoms with Crippen LogP contribution in [0.25, 0.3) is 0 Å². The van der Waals surface area contributed by atoms with Crippen molar-refractivity contribution in [1.82, 2.24) is 14.9 Å². The Morgan fingerprint density at radius 2 is 1.96 bits per heavy atom. The molecule has 2 aromatic carbocycles. The first kappa shape index (κ1) is 16.5. The number of nitrogens with zero attached hydrogens (tertiary/aromatic N) is 2. The van der Waals surface area contributed by atoms with E-state index in [1.165, 1.54) is 0 Å². The van der Waals surface area contributed by atoms with Gasteiger partial charge in [0.25, 0.3) is 5.91 Å². The van der Waals surface area contributed by atoms with Gasteiger partial charge in [-0.3, -0.25) is 4.79 Å². The number of hydrogen-bond donors (Lipinski definition) is 1. The van der Waals surface area contributed by atoms with E-state index in [1.807, 2.05) is 29.9 Å². The van der Waals surface area contributed by atoms with E-state index in [9.17, 15) is 4.79 Å². The van der Waals surface area contributed by atoms with Crippen molar-refractivity contribution in [1.29, 1.82) is 0 Å². The molecule has 1 aliphatic heterocycles. The van der Waals surface area contributed by atoms with Crippen molar-refractivity contribution in [2.24, 2.45) is 7.05 Å². The quantitative estimate of drug-likeness (QED) is 0.766. The van der Waals surface area contributed by atoms with Crippen molar-refractivity contribution in [3.8, 4) is 11.5 Å². The number of hydrogen-bond acceptors (Lipinski definition) is 4. The minimum Gasteiger partial charge on any atom is -0.454 e. The van der Waals surface area contributed by atoms with Crippen LogP contribution in [-0.4, -0.2) is 22.3 Å². The third-order valence-corrected chi connectivity index (χ3v) is 4.48. The second kappa shape index (κ2) is 6.72. The predicted octanol–water partition coefficient (Wildman–Crippen LogP) is 3.32. The van der Waals surface area contributed by atoms with Crippen LogP contribution in [0.3, 0.4) is 0 Å². The molecule has 2 heterocycles. The van der Waals surface area contributed by atoms with Crippen molar-refractivity contribution >= 4 is 17.5 Å². The second-order valence-electron chi connectivity index (χ2n) is 5.92. The Hall–Kier alpha value is -2.99. The monoisotopic (exact) mass is 369 g/mol. The molecule has 1 aliphatic rings. The lowest BCUT2D eigenvalue weighted by molar-refractivity contribution is 0.0940. The number of rotatable bonds is 4. The smallest absolute Gasteiger partial charge is 0.252 e. The van der Waals surface area contributed by atoms with Crippen molar-refractivity contribution in [3.63, 3.8) is 0 Å². The molecular weight excluding hydrogens is 354 g/mol. The van der Waals surface area contributed by atoms with Crippen LogP contribution in [0.5, 0.6) is 11.5 Å². The highest BCUT2D eigenvalue weighted by molar-refractivity contribution is 6.30. The minimum atomic E-state index is -0.412. The van der Waals surface area contributed by atoms with Crippen LogP contribution in [0.15, 0.2) is 54.9 Å². The molecular formula is C19H16ClN3O3. The fourth-order valence-electron chi connectivity index (χ4n) is 2.86. The molecule has 1 N–H and O–H groups in total. The zero-order valence-corrected chi connectivity index (χ0v) is 14.7. The topological polar surface area (TPSA) is 65.4 Å². The summed E-state index contributed by atoms with van der Waals surface area (Å²) in [6.45, 7) is 0.168. The summed E-state index contributed by atoms with van der Waals surface area (Å²) in [5.41, 5.74) is 1.38. The number of aryl methyl sites for hydroxylation is 1. The molecule has 3 aromatic rings. The fourth-order valence-corrected chi connectivity index (χ4v) is 2.99. The van der Waals surface area contributed by atoms with Crippen molar-refractivity contribution < 1.29 is 14.3 Å². The number of carbonyl (C=O) groups excluding carboxylic acids is 1. The highest BCUT2D eigenvalue weighted by Gasteiger charge is 2.23. The van der Waals surface area contributed by atoms with Crippen LogP contribution in [0.2, 0.25) is 5.02 Å². The summed E-state index contributed by atoms with van der Waals surface area (Å²) in [6.07, 6.45) is 3.54. The van der Waals surface area contributed by atoms with E-state index in [4.69, 9.17) is 21.1 Å². The second-order valence-corrected chi connectivity index (χ2v) is 6.36. The number of amides is 1. The first-order valence-electron chi connectivity index (χ1n) is 8.05. The van der Waals surface area contributed by atoms with Crippen LogP contribution in [0.1, 0.15) is 27.8 Å². The van der Waals surface area contributed by atoms with Gasteiger partial charge in [-0.05, 0) is 35.9 Å². The number of fused-ring (bicyclic) bond motifs is 1. The van der Waals surface area contributed by atoms with Crippen molar-refractivity contribution in [3.05, 3.63) is 76.8 Å². The van der Waals surface area contributed by atoms with Gasteiger partial charge in [-0.25, -0.2) is 4.98 Å². The molecule has 0 radical (unpaired) electrons. The SMILES string of the molecule is Cn1ccnc1[C@@H](NC(=O)c1ccc2c(c1)OCO2)c1ccc(Cl)cc1. The molecule has 4 rings (SSSR count). The zero-order valence-electron chi connectivity index (χ0n) is 14.0. The summed E-state index contributed by atoms with van der Waals surface area (Å²) in [5.74, 6) is 1.70. The maximum atomic E-state index is 12.8. The van der Waals surface area contributed by atoms with Crippen molar-refractivity contribution in [2.75, 3.05) is 6.79 Å². The van der Waals surface area contributed by atoms with Crippen LogP contribution < -0.4 is 14.8 Å². The van der Waals surface area contributed by atoms with E-state index in [0.29, 0.717) is 22.1 Å². The maximum absolute atomic E-state index is 12.8. The predicted molar refractivity (Wildman–Crippen MR) is 96.5 cm³/mol. The van der Waals surface area contributed by atoms with Crippen LogP contribution >= 0.6 is 11.6 Å². The summed E-state index contributed by atoms with van der Waals surface area (Å²) in [6, 6.07) is 12.0. The molecule has 7 heteroatoms. The maximum Gasteiger partial charge on any atom is 0.252 e. The lowest BCUT2D eigenvalue weighted by Gasteiger charge is -2.19. The molecule has 0 fully saturated rings. The number of benzene rings is 2. The summed E-state index contributed by atoms with van der Waals surface area (Å²) in [7, 11) is 1.89. The van der Waals surface area contributed by atoms with Crippen molar-refractivity contribution in [2.45, 2.75) is 6.04 Å². The van der Waals surface area contributed by atoms with Gasteiger partial charge in [0.05, 0.1) is 0 Å². The Morgan fingerprint density at radius 1 is 1.19 bits per heavy atom. The Balaban J connectivity index is 1.65. The van der Waals surface area contributed by atoms with E-state index >= 15 is 0 Å². The third-order valence-electron chi connectivity index (χ3n) is 4.23. The Bertz CT molecular complexity index is 953. The summed E-state index contributed by atoms with van der Waals surface area (Å²) in [4.78, 5) is 17.2. The van der Waals surface area contributed by atoms with Gasteiger partial charge >= 0.3 is 0 Å². The molecule has 132 valence electrons. The number of imidazole rings is 1. The van der Waals surface area contributed by atoms with E-state index in [0.717, 1.165) is 11.4 Å². The van der Waals surface area contributed by atoms with Gasteiger partial charge in [0, 0.05) is 30.0 Å². The first-order valence-corrected chi connectivity index (χ1v) is 8.43. The molecule has 0 saturated heterocycles. The Kier molecular flexibility index (Phi) is 4.26. The molecule has 0 saturated carbocycles. The minimum absolute atomic E-state index is 0.168. The average molecular weight is 370 g/mol. The molecule has 0 aliphatic carbocycles. The van der Waals surface area contributed by atoms with Gasteiger partial charge in [-0.15, -0.1) is 0 Å². The summed E-state index contributed by atoms with van der Waals surface area (Å²) >= 11 is 5.99. The highest BCUT2D eigenvalue weighted by atomic mass is 35.5. The third kappa shape index (κ3) is 3.11. The molecule has 1 atom stereocenters. The van der Waals surface area contributed by atoms with Gasteiger partial charge < -0.3 is 19.4 Å². The first-order chi connectivity index (χ1) is 12.6. The number of nitrogens with one attached hydrogen (secondary N) is 1. The molecule has 0 bridgehead atoms. The number of ether oxygens (including phenoxy) is 2. The lowest BCUT2D eigenvalue weighted by atomic mass is 10.1. The van der Waals surface area contributed by atoms with Gasteiger partial charge in [-0.1, -0.05) is 23.7 Å². The molecule has 26 heavy (non-hydrogen) atoms. The fraction of sp³-hybridized carbons (Fsp3) is 0.158. The molecule has 0 spiro atoms. The highest BCUT2D eigenvalue weighted by Crippen LogP contribution is 2.32. The van der Waals surface area contributed by atoms with E-state index < -0.39 is 6.04 Å². The number of carbonyl (C=O) groups is 1. The molecule has 1 aromatic heterocycles. The zero-order chi connectivity index (χ0) is 18.1. The average Bonchev–Trinajstić information content (AvgIpc) is 3.28. The van der Waals surface area contributed by atoms with E-state index in [-0.39, 0.29) is 12.7 Å². The van der Waals surface area contributed by atoms with Crippen LogP contribution in [0.4, 0.5) is 0 Å². The van der Waals surface area contributed by atoms with Crippen LogP contribution in [0, 0.1) is 0 Å². The molecule has 6 nitrogen and oxygen atoms in total. The van der Waals surface area contributed by atoms with Gasteiger partial charge in [0.15, 0.2) is 11.5 Å².